The first-order valence-electron chi connectivity index (χ1n) is 12.4. The minimum atomic E-state index is -1.12. The molecule has 5 rings (SSSR count). The van der Waals surface area contributed by atoms with Crippen LogP contribution in [0.2, 0.25) is 5.02 Å². The van der Waals surface area contributed by atoms with Gasteiger partial charge in [0.15, 0.2) is 5.69 Å². The molecule has 190 valence electrons. The quantitative estimate of drug-likeness (QED) is 0.529. The average Bonchev–Trinajstić information content (AvgIpc) is 3.04. The molecule has 0 radical (unpaired) electrons. The molecule has 2 aliphatic rings. The van der Waals surface area contributed by atoms with E-state index in [-0.39, 0.29) is 16.8 Å². The van der Waals surface area contributed by atoms with E-state index in [4.69, 9.17) is 26.3 Å². The third-order valence-electron chi connectivity index (χ3n) is 7.13. The van der Waals surface area contributed by atoms with E-state index in [1.807, 2.05) is 0 Å². The number of likely N-dealkylation sites (N-methyl/N-ethyl adjacent to an activating group) is 1. The van der Waals surface area contributed by atoms with Crippen molar-refractivity contribution >= 4 is 23.4 Å². The molecule has 9 nitrogen and oxygen atoms in total. The highest BCUT2D eigenvalue weighted by Crippen LogP contribution is 2.38. The molecule has 0 spiro atoms. The van der Waals surface area contributed by atoms with Crippen molar-refractivity contribution in [2.45, 2.75) is 58.3 Å². The van der Waals surface area contributed by atoms with Crippen molar-refractivity contribution in [3.05, 3.63) is 63.1 Å². The number of benzene rings is 1. The first-order valence-corrected chi connectivity index (χ1v) is 12.7. The Labute approximate surface area is 215 Å². The lowest BCUT2D eigenvalue weighted by atomic mass is 9.89. The SMILES string of the molecule is CCCc1ccccc1C1Cc2nc(OC)nc(N3CCCn4nc(C(=O)O)c(Cl)c4C3)c2CN1C. The maximum atomic E-state index is 11.6. The number of fused-ring (bicyclic) bond motifs is 2. The minimum absolute atomic E-state index is 0.107. The topological polar surface area (TPSA) is 96.6 Å². The number of carboxylic acids is 1. The number of ether oxygens (including phenoxy) is 1. The monoisotopic (exact) mass is 510 g/mol. The lowest BCUT2D eigenvalue weighted by molar-refractivity contribution is 0.0689. The fraction of sp³-hybridized carbons (Fsp3) is 0.462. The predicted octanol–water partition coefficient (Wildman–Crippen LogP) is 4.13. The number of aromatic carboxylic acids is 1. The second-order valence-corrected chi connectivity index (χ2v) is 9.83. The number of methoxy groups -OCH3 is 1. The van der Waals surface area contributed by atoms with Crippen LogP contribution in [0.3, 0.4) is 0 Å². The fourth-order valence-corrected chi connectivity index (χ4v) is 5.66. The summed E-state index contributed by atoms with van der Waals surface area (Å²) in [6.07, 6.45) is 3.69. The van der Waals surface area contributed by atoms with Gasteiger partial charge >= 0.3 is 12.0 Å². The number of carboxylic acid groups (broad SMARTS) is 1. The van der Waals surface area contributed by atoms with E-state index in [2.05, 4.69) is 53.1 Å². The predicted molar refractivity (Wildman–Crippen MR) is 137 cm³/mol. The van der Waals surface area contributed by atoms with E-state index in [0.717, 1.165) is 49.3 Å². The Balaban J connectivity index is 1.53. The van der Waals surface area contributed by atoms with Crippen molar-refractivity contribution in [1.82, 2.24) is 24.6 Å². The molecule has 0 amide bonds. The largest absolute Gasteiger partial charge is 0.476 e. The van der Waals surface area contributed by atoms with Gasteiger partial charge in [-0.1, -0.05) is 49.2 Å². The molecule has 1 N–H and O–H groups in total. The molecule has 0 bridgehead atoms. The fourth-order valence-electron chi connectivity index (χ4n) is 5.38. The molecule has 1 aromatic carbocycles. The molecular formula is C26H31ClN6O3. The van der Waals surface area contributed by atoms with Crippen LogP contribution in [0.5, 0.6) is 6.01 Å². The third kappa shape index (κ3) is 4.41. The molecule has 1 unspecified atom stereocenters. The van der Waals surface area contributed by atoms with Gasteiger partial charge in [0.05, 0.1) is 30.1 Å². The number of halogens is 1. The van der Waals surface area contributed by atoms with Crippen LogP contribution in [0.4, 0.5) is 5.82 Å². The Morgan fingerprint density at radius 3 is 2.78 bits per heavy atom. The van der Waals surface area contributed by atoms with Gasteiger partial charge < -0.3 is 14.7 Å². The molecular weight excluding hydrogens is 480 g/mol. The number of aryl methyl sites for hydroxylation is 2. The highest BCUT2D eigenvalue weighted by atomic mass is 35.5. The summed E-state index contributed by atoms with van der Waals surface area (Å²) in [7, 11) is 3.74. The number of carbonyl (C=O) groups is 1. The number of rotatable bonds is 6. The third-order valence-corrected chi connectivity index (χ3v) is 7.52. The second kappa shape index (κ2) is 10.1. The standard InChI is InChI=1S/C26H31ClN6O3/c1-4-8-16-9-5-6-10-17(16)20-13-19-18(14-31(20)2)24(29-26(28-19)36-3)32-11-7-12-33-21(15-32)22(27)23(30-33)25(34)35/h5-6,9-10,20H,4,7-8,11-15H2,1-3H3,(H,34,35). The molecule has 36 heavy (non-hydrogen) atoms. The van der Waals surface area contributed by atoms with Gasteiger partial charge in [0.2, 0.25) is 0 Å². The number of hydrogen-bond donors (Lipinski definition) is 1. The van der Waals surface area contributed by atoms with Crippen LogP contribution in [0.15, 0.2) is 24.3 Å². The first-order chi connectivity index (χ1) is 17.4. The normalized spacial score (nSPS) is 17.9. The van der Waals surface area contributed by atoms with Crippen molar-refractivity contribution in [2.24, 2.45) is 0 Å². The molecule has 10 heteroatoms. The number of hydrogen-bond acceptors (Lipinski definition) is 7. The maximum Gasteiger partial charge on any atom is 0.357 e. The van der Waals surface area contributed by atoms with Crippen LogP contribution in [0.25, 0.3) is 0 Å². The summed E-state index contributed by atoms with van der Waals surface area (Å²) in [5.74, 6) is -0.309. The van der Waals surface area contributed by atoms with E-state index >= 15 is 0 Å². The molecule has 0 saturated carbocycles. The molecule has 4 heterocycles. The maximum absolute atomic E-state index is 11.6. The van der Waals surface area contributed by atoms with Gasteiger partial charge in [0, 0.05) is 37.7 Å². The van der Waals surface area contributed by atoms with Crippen molar-refractivity contribution < 1.29 is 14.6 Å². The Bertz CT molecular complexity index is 1290. The van der Waals surface area contributed by atoms with Crippen LogP contribution in [-0.4, -0.2) is 56.4 Å². The van der Waals surface area contributed by atoms with E-state index < -0.39 is 5.97 Å². The van der Waals surface area contributed by atoms with E-state index in [9.17, 15) is 9.90 Å². The summed E-state index contributed by atoms with van der Waals surface area (Å²) < 4.78 is 7.23. The summed E-state index contributed by atoms with van der Waals surface area (Å²) in [4.78, 5) is 25.7. The van der Waals surface area contributed by atoms with E-state index in [1.165, 1.54) is 11.1 Å². The van der Waals surface area contributed by atoms with Gasteiger partial charge in [-0.2, -0.15) is 15.1 Å². The molecule has 2 aromatic heterocycles. The highest BCUT2D eigenvalue weighted by Gasteiger charge is 2.33. The smallest absolute Gasteiger partial charge is 0.357 e. The van der Waals surface area contributed by atoms with Crippen molar-refractivity contribution in [2.75, 3.05) is 25.6 Å². The van der Waals surface area contributed by atoms with Crippen LogP contribution >= 0.6 is 11.6 Å². The molecule has 0 saturated heterocycles. The van der Waals surface area contributed by atoms with Crippen molar-refractivity contribution in [1.29, 1.82) is 0 Å². The van der Waals surface area contributed by atoms with Crippen molar-refractivity contribution in [3.8, 4) is 6.01 Å². The number of aromatic nitrogens is 4. The summed E-state index contributed by atoms with van der Waals surface area (Å²) in [6.45, 7) is 4.66. The summed E-state index contributed by atoms with van der Waals surface area (Å²) >= 11 is 6.46. The van der Waals surface area contributed by atoms with Gasteiger partial charge in [-0.05, 0) is 31.0 Å². The average molecular weight is 511 g/mol. The van der Waals surface area contributed by atoms with Crippen LogP contribution in [0.1, 0.15) is 64.4 Å². The highest BCUT2D eigenvalue weighted by molar-refractivity contribution is 6.33. The van der Waals surface area contributed by atoms with Gasteiger partial charge in [-0.3, -0.25) is 9.58 Å². The summed E-state index contributed by atoms with van der Waals surface area (Å²) in [6, 6.07) is 9.23. The molecule has 2 aliphatic heterocycles. The Morgan fingerprint density at radius 2 is 2.03 bits per heavy atom. The molecule has 0 aliphatic carbocycles. The number of nitrogens with zero attached hydrogens (tertiary/aromatic N) is 6. The van der Waals surface area contributed by atoms with Crippen LogP contribution < -0.4 is 9.64 Å². The van der Waals surface area contributed by atoms with E-state index in [1.54, 1.807) is 11.8 Å². The van der Waals surface area contributed by atoms with Crippen molar-refractivity contribution in [3.63, 3.8) is 0 Å². The lowest BCUT2D eigenvalue weighted by Crippen LogP contribution is -2.35. The zero-order chi connectivity index (χ0) is 25.4. The Kier molecular flexibility index (Phi) is 6.85. The Hall–Kier alpha value is -3.17. The first kappa shape index (κ1) is 24.5. The summed E-state index contributed by atoms with van der Waals surface area (Å²) in [5.41, 5.74) is 5.37. The Morgan fingerprint density at radius 1 is 1.22 bits per heavy atom. The zero-order valence-corrected chi connectivity index (χ0v) is 21.6. The van der Waals surface area contributed by atoms with Gasteiger partial charge in [-0.15, -0.1) is 0 Å². The molecule has 0 fully saturated rings. The van der Waals surface area contributed by atoms with Gasteiger partial charge in [-0.25, -0.2) is 4.79 Å². The summed E-state index contributed by atoms with van der Waals surface area (Å²) in [5, 5.41) is 13.9. The van der Waals surface area contributed by atoms with Crippen LogP contribution in [0, 0.1) is 0 Å². The minimum Gasteiger partial charge on any atom is -0.476 e. The van der Waals surface area contributed by atoms with Crippen LogP contribution in [-0.2, 0) is 32.5 Å². The van der Waals surface area contributed by atoms with Gasteiger partial charge in [0.25, 0.3) is 0 Å². The lowest BCUT2D eigenvalue weighted by Gasteiger charge is -2.37. The zero-order valence-electron chi connectivity index (χ0n) is 20.9. The molecule has 3 aromatic rings. The van der Waals surface area contributed by atoms with E-state index in [0.29, 0.717) is 31.3 Å². The second-order valence-electron chi connectivity index (χ2n) is 9.46. The molecule has 1 atom stereocenters. The van der Waals surface area contributed by atoms with Gasteiger partial charge in [0.1, 0.15) is 5.82 Å². The number of anilines is 1.